The molecule has 9 heteroatoms. The Labute approximate surface area is 208 Å². The first-order chi connectivity index (χ1) is 15.9. The van der Waals surface area contributed by atoms with Gasteiger partial charge in [-0.3, -0.25) is 14.4 Å². The molecule has 1 aliphatic heterocycles. The molecule has 0 saturated carbocycles. The molecular weight excluding hydrogens is 470 g/mol. The van der Waals surface area contributed by atoms with Gasteiger partial charge in [-0.25, -0.2) is 12.7 Å². The minimum atomic E-state index is -4.21. The van der Waals surface area contributed by atoms with Gasteiger partial charge in [0.05, 0.1) is 4.90 Å². The Bertz CT molecular complexity index is 1060. The molecule has 0 aromatic heterocycles. The Morgan fingerprint density at radius 3 is 1.91 bits per heavy atom. The van der Waals surface area contributed by atoms with E-state index in [1.807, 2.05) is 6.92 Å². The Morgan fingerprint density at radius 1 is 1.00 bits per heavy atom. The molecule has 0 radical (unpaired) electrons. The third-order valence-corrected chi connectivity index (χ3v) is 7.41. The summed E-state index contributed by atoms with van der Waals surface area (Å²) in [5.41, 5.74) is -2.87. The predicted molar refractivity (Wildman–Crippen MR) is 132 cm³/mol. The van der Waals surface area contributed by atoms with E-state index in [9.17, 15) is 22.8 Å². The molecule has 1 amide bonds. The number of carbonyl (C=O) groups is 3. The summed E-state index contributed by atoms with van der Waals surface area (Å²) in [7, 11) is -4.21. The molecule has 1 aromatic rings. The summed E-state index contributed by atoms with van der Waals surface area (Å²) in [6, 6.07) is 6.15. The molecule has 0 bridgehead atoms. The van der Waals surface area contributed by atoms with Crippen molar-refractivity contribution in [2.45, 2.75) is 84.3 Å². The van der Waals surface area contributed by atoms with E-state index in [0.717, 1.165) is 9.87 Å². The Morgan fingerprint density at radius 2 is 1.49 bits per heavy atom. The molecule has 0 spiro atoms. The second-order valence-electron chi connectivity index (χ2n) is 10.8. The number of esters is 2. The number of allylic oxidation sites excluding steroid dienone is 2. The Balaban J connectivity index is 2.65. The number of amides is 1. The smallest absolute Gasteiger partial charge is 0.324 e. The van der Waals surface area contributed by atoms with Crippen molar-refractivity contribution in [1.82, 2.24) is 4.31 Å². The van der Waals surface area contributed by atoms with Gasteiger partial charge < -0.3 is 9.47 Å². The lowest BCUT2D eigenvalue weighted by Gasteiger charge is -2.37. The van der Waals surface area contributed by atoms with Crippen molar-refractivity contribution >= 4 is 27.9 Å². The highest BCUT2D eigenvalue weighted by molar-refractivity contribution is 7.89. The van der Waals surface area contributed by atoms with Gasteiger partial charge in [0, 0.05) is 18.9 Å². The van der Waals surface area contributed by atoms with Crippen LogP contribution in [0.15, 0.2) is 41.3 Å². The lowest BCUT2D eigenvalue weighted by atomic mass is 9.71. The fourth-order valence-electron chi connectivity index (χ4n) is 3.94. The zero-order valence-corrected chi connectivity index (χ0v) is 22.7. The number of sulfonamides is 1. The van der Waals surface area contributed by atoms with Gasteiger partial charge in [0.25, 0.3) is 10.0 Å². The van der Waals surface area contributed by atoms with Crippen molar-refractivity contribution in [3.63, 3.8) is 0 Å². The summed E-state index contributed by atoms with van der Waals surface area (Å²) < 4.78 is 38.8. The van der Waals surface area contributed by atoms with Gasteiger partial charge in [0.15, 0.2) is 5.41 Å². The number of carbonyl (C=O) groups excluding carboxylic acids is 3. The summed E-state index contributed by atoms with van der Waals surface area (Å²) in [5.74, 6) is -3.35. The molecule has 194 valence electrons. The van der Waals surface area contributed by atoms with Crippen molar-refractivity contribution in [3.05, 3.63) is 42.0 Å². The van der Waals surface area contributed by atoms with Crippen LogP contribution in [0.4, 0.5) is 0 Å². The summed E-state index contributed by atoms with van der Waals surface area (Å²) in [5, 5.41) is 0. The zero-order valence-electron chi connectivity index (χ0n) is 21.9. The SMILES string of the molecule is C/C=C/C1CC(=O)N(S(=O)(=O)c2ccc(C)cc2)CCC1(C(=O)OC(C)(C)C)C(=O)OC(C)(C)C. The lowest BCUT2D eigenvalue weighted by molar-refractivity contribution is -0.189. The monoisotopic (exact) mass is 507 g/mol. The van der Waals surface area contributed by atoms with Crippen LogP contribution in [0.3, 0.4) is 0 Å². The van der Waals surface area contributed by atoms with Crippen molar-refractivity contribution in [2.75, 3.05) is 6.54 Å². The van der Waals surface area contributed by atoms with Gasteiger partial charge in [-0.2, -0.15) is 0 Å². The van der Waals surface area contributed by atoms with E-state index in [2.05, 4.69) is 0 Å². The van der Waals surface area contributed by atoms with Crippen LogP contribution in [-0.4, -0.2) is 48.3 Å². The van der Waals surface area contributed by atoms with Gasteiger partial charge in [0.2, 0.25) is 5.91 Å². The van der Waals surface area contributed by atoms with Crippen molar-refractivity contribution in [3.8, 4) is 0 Å². The van der Waals surface area contributed by atoms with Crippen LogP contribution in [0.1, 0.15) is 66.9 Å². The van der Waals surface area contributed by atoms with Crippen LogP contribution in [-0.2, 0) is 33.9 Å². The molecule has 8 nitrogen and oxygen atoms in total. The van der Waals surface area contributed by atoms with Gasteiger partial charge in [0.1, 0.15) is 11.2 Å². The fourth-order valence-corrected chi connectivity index (χ4v) is 5.35. The maximum absolute atomic E-state index is 13.6. The minimum Gasteiger partial charge on any atom is -0.459 e. The van der Waals surface area contributed by atoms with Gasteiger partial charge in [-0.05, 0) is 73.9 Å². The van der Waals surface area contributed by atoms with Crippen LogP contribution in [0, 0.1) is 18.3 Å². The van der Waals surface area contributed by atoms with Gasteiger partial charge in [-0.15, -0.1) is 0 Å². The van der Waals surface area contributed by atoms with Gasteiger partial charge in [-0.1, -0.05) is 29.8 Å². The third-order valence-electron chi connectivity index (χ3n) is 5.57. The summed E-state index contributed by atoms with van der Waals surface area (Å²) >= 11 is 0. The van der Waals surface area contributed by atoms with E-state index in [-0.39, 0.29) is 24.3 Å². The molecular formula is C26H37NO7S. The highest BCUT2D eigenvalue weighted by atomic mass is 32.2. The quantitative estimate of drug-likeness (QED) is 0.334. The van der Waals surface area contributed by atoms with E-state index >= 15 is 0 Å². The Kier molecular flexibility index (Phi) is 8.26. The van der Waals surface area contributed by atoms with Crippen LogP contribution in [0.25, 0.3) is 0 Å². The molecule has 0 aliphatic carbocycles. The first-order valence-corrected chi connectivity index (χ1v) is 13.1. The highest BCUT2D eigenvalue weighted by Gasteiger charge is 2.58. The van der Waals surface area contributed by atoms with E-state index < -0.39 is 50.4 Å². The van der Waals surface area contributed by atoms with Crippen molar-refractivity contribution < 1.29 is 32.3 Å². The largest absolute Gasteiger partial charge is 0.459 e. The molecule has 35 heavy (non-hydrogen) atoms. The number of hydrogen-bond acceptors (Lipinski definition) is 7. The maximum Gasteiger partial charge on any atom is 0.324 e. The highest BCUT2D eigenvalue weighted by Crippen LogP contribution is 2.43. The van der Waals surface area contributed by atoms with Gasteiger partial charge >= 0.3 is 11.9 Å². The molecule has 2 rings (SSSR count). The number of hydrogen-bond donors (Lipinski definition) is 0. The third kappa shape index (κ3) is 6.51. The number of benzene rings is 1. The average molecular weight is 508 g/mol. The van der Waals surface area contributed by atoms with E-state index in [4.69, 9.17) is 9.47 Å². The predicted octanol–water partition coefficient (Wildman–Crippen LogP) is 4.17. The normalized spacial score (nSPS) is 19.4. The Hall–Kier alpha value is -2.68. The van der Waals surface area contributed by atoms with Crippen LogP contribution < -0.4 is 0 Å². The molecule has 1 atom stereocenters. The first-order valence-electron chi connectivity index (χ1n) is 11.7. The second-order valence-corrected chi connectivity index (χ2v) is 12.7. The summed E-state index contributed by atoms with van der Waals surface area (Å²) in [6.45, 7) is 13.2. The topological polar surface area (TPSA) is 107 Å². The summed E-state index contributed by atoms with van der Waals surface area (Å²) in [6.07, 6.45) is 2.55. The molecule has 0 N–H and O–H groups in total. The maximum atomic E-state index is 13.6. The zero-order chi connectivity index (χ0) is 26.8. The molecule has 1 heterocycles. The number of nitrogens with zero attached hydrogens (tertiary/aromatic N) is 1. The molecule has 1 saturated heterocycles. The number of ether oxygens (including phenoxy) is 2. The summed E-state index contributed by atoms with van der Waals surface area (Å²) in [4.78, 5) is 40.5. The minimum absolute atomic E-state index is 0.0407. The van der Waals surface area contributed by atoms with Crippen molar-refractivity contribution in [1.29, 1.82) is 0 Å². The molecule has 1 aliphatic rings. The molecule has 1 fully saturated rings. The number of aryl methyl sites for hydroxylation is 1. The molecule has 1 aromatic carbocycles. The molecule has 1 unspecified atom stereocenters. The number of rotatable bonds is 5. The van der Waals surface area contributed by atoms with E-state index in [1.165, 1.54) is 12.1 Å². The average Bonchev–Trinajstić information content (AvgIpc) is 2.83. The van der Waals surface area contributed by atoms with Crippen LogP contribution >= 0.6 is 0 Å². The first kappa shape index (κ1) is 28.6. The standard InChI is InChI=1S/C26H37NO7S/c1-9-10-19-17-21(28)27(35(31,32)20-13-11-18(2)12-14-20)16-15-26(19,22(29)33-24(3,4)5)23(30)34-25(6,7)8/h9-14,19H,15-17H2,1-8H3/b10-9+. The van der Waals surface area contributed by atoms with E-state index in [0.29, 0.717) is 0 Å². The fraction of sp³-hybridized carbons (Fsp3) is 0.577. The van der Waals surface area contributed by atoms with E-state index in [1.54, 1.807) is 72.8 Å². The van der Waals surface area contributed by atoms with Crippen LogP contribution in [0.2, 0.25) is 0 Å². The second kappa shape index (κ2) is 10.1. The van der Waals surface area contributed by atoms with Crippen molar-refractivity contribution in [2.24, 2.45) is 11.3 Å². The van der Waals surface area contributed by atoms with Crippen LogP contribution in [0.5, 0.6) is 0 Å². The lowest BCUT2D eigenvalue weighted by Crippen LogP contribution is -2.51.